The van der Waals surface area contributed by atoms with Crippen molar-refractivity contribution in [1.29, 1.82) is 0 Å². The molecule has 0 atom stereocenters. The second-order valence-corrected chi connectivity index (χ2v) is 6.24. The fourth-order valence-electron chi connectivity index (χ4n) is 2.20. The zero-order valence-corrected chi connectivity index (χ0v) is 15.4. The Hall–Kier alpha value is -1.96. The van der Waals surface area contributed by atoms with Crippen molar-refractivity contribution in [3.63, 3.8) is 0 Å². The summed E-state index contributed by atoms with van der Waals surface area (Å²) in [6.07, 6.45) is 1.00. The molecular weight excluding hydrogens is 342 g/mol. The third-order valence-electron chi connectivity index (χ3n) is 3.68. The van der Waals surface area contributed by atoms with Crippen LogP contribution >= 0.6 is 11.3 Å². The Morgan fingerprint density at radius 2 is 1.76 bits per heavy atom. The number of fused-ring (bicyclic) bond motifs is 1. The molecule has 25 heavy (non-hydrogen) atoms. The number of likely N-dealkylation sites (N-methyl/N-ethyl adjacent to an activating group) is 1. The van der Waals surface area contributed by atoms with E-state index in [1.165, 1.54) is 15.6 Å². The van der Waals surface area contributed by atoms with E-state index in [2.05, 4.69) is 48.4 Å². The van der Waals surface area contributed by atoms with Crippen LogP contribution in [-0.2, 0) is 20.7 Å². The number of nitrogens with zero attached hydrogens (tertiary/aromatic N) is 1. The summed E-state index contributed by atoms with van der Waals surface area (Å²) in [7, 11) is 0. The zero-order chi connectivity index (χ0) is 18.7. The number of benzene rings is 1. The standard InChI is InChI=1S/C16H23NOS.C2H2O4/c1-3-17(4-2)9-11-18-10-7-14-5-6-16-15(13-14)8-12-19-16;3-1(4)2(5)6/h5-6,8,12-13H,3-4,7,9-11H2,1-2H3;(H,3,4)(H,5,6). The van der Waals surface area contributed by atoms with Crippen LogP contribution in [0.1, 0.15) is 19.4 Å². The van der Waals surface area contributed by atoms with Gasteiger partial charge in [0.2, 0.25) is 0 Å². The molecule has 0 amide bonds. The molecule has 0 fully saturated rings. The number of hydrogen-bond acceptors (Lipinski definition) is 5. The fraction of sp³-hybridized carbons (Fsp3) is 0.444. The monoisotopic (exact) mass is 367 g/mol. The van der Waals surface area contributed by atoms with Crippen LogP contribution in [0.3, 0.4) is 0 Å². The molecule has 0 aliphatic heterocycles. The molecule has 0 saturated heterocycles. The molecule has 0 aliphatic carbocycles. The molecule has 1 heterocycles. The van der Waals surface area contributed by atoms with Crippen molar-refractivity contribution in [3.05, 3.63) is 35.2 Å². The van der Waals surface area contributed by atoms with Gasteiger partial charge in [0.1, 0.15) is 0 Å². The Kier molecular flexibility index (Phi) is 9.76. The van der Waals surface area contributed by atoms with Gasteiger partial charge in [-0.15, -0.1) is 11.3 Å². The highest BCUT2D eigenvalue weighted by molar-refractivity contribution is 7.17. The van der Waals surface area contributed by atoms with E-state index >= 15 is 0 Å². The molecule has 2 N–H and O–H groups in total. The lowest BCUT2D eigenvalue weighted by atomic mass is 10.1. The van der Waals surface area contributed by atoms with Gasteiger partial charge in [-0.1, -0.05) is 26.0 Å². The molecule has 2 rings (SSSR count). The molecule has 1 aromatic heterocycles. The average Bonchev–Trinajstić information content (AvgIpc) is 3.06. The van der Waals surface area contributed by atoms with Crippen LogP contribution in [0.5, 0.6) is 0 Å². The quantitative estimate of drug-likeness (QED) is 0.551. The van der Waals surface area contributed by atoms with E-state index in [1.54, 1.807) is 11.3 Å². The van der Waals surface area contributed by atoms with Gasteiger partial charge in [0, 0.05) is 11.2 Å². The maximum Gasteiger partial charge on any atom is 0.414 e. The normalized spacial score (nSPS) is 10.5. The van der Waals surface area contributed by atoms with Crippen molar-refractivity contribution in [2.24, 2.45) is 0 Å². The first-order chi connectivity index (χ1) is 12.0. The van der Waals surface area contributed by atoms with E-state index in [1.807, 2.05) is 0 Å². The minimum absolute atomic E-state index is 0.816. The molecule has 0 unspecified atom stereocenters. The van der Waals surface area contributed by atoms with Crippen LogP contribution in [0.4, 0.5) is 0 Å². The first-order valence-electron chi connectivity index (χ1n) is 8.20. The fourth-order valence-corrected chi connectivity index (χ4v) is 2.97. The number of carboxylic acid groups (broad SMARTS) is 2. The molecule has 0 saturated carbocycles. The molecule has 138 valence electrons. The minimum atomic E-state index is -1.82. The summed E-state index contributed by atoms with van der Waals surface area (Å²) < 4.78 is 7.09. The summed E-state index contributed by atoms with van der Waals surface area (Å²) in [6.45, 7) is 9.29. The maximum atomic E-state index is 9.10. The van der Waals surface area contributed by atoms with Crippen molar-refractivity contribution < 1.29 is 24.5 Å². The summed E-state index contributed by atoms with van der Waals surface area (Å²) in [5.74, 6) is -3.65. The molecule has 0 aliphatic rings. The molecular formula is C18H25NO5S. The molecule has 0 spiro atoms. The van der Waals surface area contributed by atoms with Crippen LogP contribution in [0.25, 0.3) is 10.1 Å². The van der Waals surface area contributed by atoms with Gasteiger partial charge in [-0.25, -0.2) is 9.59 Å². The minimum Gasteiger partial charge on any atom is -0.473 e. The number of aliphatic carboxylic acids is 2. The van der Waals surface area contributed by atoms with E-state index in [4.69, 9.17) is 24.5 Å². The Labute approximate surface area is 151 Å². The first kappa shape index (κ1) is 21.1. The van der Waals surface area contributed by atoms with Crippen LogP contribution < -0.4 is 0 Å². The van der Waals surface area contributed by atoms with E-state index in [9.17, 15) is 0 Å². The summed E-state index contributed by atoms with van der Waals surface area (Å²) in [4.78, 5) is 20.6. The summed E-state index contributed by atoms with van der Waals surface area (Å²) in [5, 5.41) is 18.3. The van der Waals surface area contributed by atoms with Gasteiger partial charge in [0.15, 0.2) is 0 Å². The first-order valence-corrected chi connectivity index (χ1v) is 9.08. The van der Waals surface area contributed by atoms with Crippen LogP contribution in [0.15, 0.2) is 29.6 Å². The number of hydrogen-bond donors (Lipinski definition) is 2. The molecule has 0 radical (unpaired) electrons. The van der Waals surface area contributed by atoms with Gasteiger partial charge >= 0.3 is 11.9 Å². The van der Waals surface area contributed by atoms with Crippen LogP contribution in [0, 0.1) is 0 Å². The van der Waals surface area contributed by atoms with Gasteiger partial charge in [-0.05, 0) is 48.0 Å². The number of rotatable bonds is 8. The van der Waals surface area contributed by atoms with Gasteiger partial charge in [0.05, 0.1) is 13.2 Å². The van der Waals surface area contributed by atoms with Crippen molar-refractivity contribution in [1.82, 2.24) is 4.90 Å². The summed E-state index contributed by atoms with van der Waals surface area (Å²) in [6, 6.07) is 8.89. The van der Waals surface area contributed by atoms with Gasteiger partial charge < -0.3 is 19.8 Å². The summed E-state index contributed by atoms with van der Waals surface area (Å²) in [5.41, 5.74) is 1.37. The average molecular weight is 367 g/mol. The smallest absolute Gasteiger partial charge is 0.414 e. The van der Waals surface area contributed by atoms with Crippen LogP contribution in [0.2, 0.25) is 0 Å². The van der Waals surface area contributed by atoms with E-state index in [0.29, 0.717) is 0 Å². The third-order valence-corrected chi connectivity index (χ3v) is 4.58. The maximum absolute atomic E-state index is 9.10. The molecule has 0 bridgehead atoms. The topological polar surface area (TPSA) is 87.1 Å². The van der Waals surface area contributed by atoms with Crippen LogP contribution in [-0.4, -0.2) is 59.9 Å². The van der Waals surface area contributed by atoms with Gasteiger partial charge in [-0.2, -0.15) is 0 Å². The Bertz CT molecular complexity index is 654. The van der Waals surface area contributed by atoms with Crippen molar-refractivity contribution in [2.45, 2.75) is 20.3 Å². The van der Waals surface area contributed by atoms with Crippen molar-refractivity contribution >= 4 is 33.4 Å². The zero-order valence-electron chi connectivity index (χ0n) is 14.6. The Morgan fingerprint density at radius 1 is 1.08 bits per heavy atom. The van der Waals surface area contributed by atoms with Gasteiger partial charge in [0.25, 0.3) is 0 Å². The van der Waals surface area contributed by atoms with Crippen molar-refractivity contribution in [2.75, 3.05) is 32.8 Å². The Morgan fingerprint density at radius 3 is 2.36 bits per heavy atom. The van der Waals surface area contributed by atoms with E-state index in [0.717, 1.165) is 39.3 Å². The summed E-state index contributed by atoms with van der Waals surface area (Å²) >= 11 is 1.80. The SMILES string of the molecule is CCN(CC)CCOCCc1ccc2sccc2c1.O=C(O)C(=O)O. The second kappa shape index (κ2) is 11.6. The lowest BCUT2D eigenvalue weighted by Crippen LogP contribution is -2.27. The molecule has 1 aromatic carbocycles. The second-order valence-electron chi connectivity index (χ2n) is 5.29. The van der Waals surface area contributed by atoms with E-state index < -0.39 is 11.9 Å². The molecule has 6 nitrogen and oxygen atoms in total. The van der Waals surface area contributed by atoms with E-state index in [-0.39, 0.29) is 0 Å². The number of ether oxygens (including phenoxy) is 1. The largest absolute Gasteiger partial charge is 0.473 e. The number of carboxylic acids is 2. The lowest BCUT2D eigenvalue weighted by Gasteiger charge is -2.17. The highest BCUT2D eigenvalue weighted by Crippen LogP contribution is 2.21. The number of carbonyl (C=O) groups is 2. The van der Waals surface area contributed by atoms with Crippen molar-refractivity contribution in [3.8, 4) is 0 Å². The highest BCUT2D eigenvalue weighted by Gasteiger charge is 2.04. The third kappa shape index (κ3) is 8.11. The molecule has 2 aromatic rings. The highest BCUT2D eigenvalue weighted by atomic mass is 32.1. The predicted octanol–water partition coefficient (Wildman–Crippen LogP) is 2.96. The molecule has 7 heteroatoms. The van der Waals surface area contributed by atoms with Gasteiger partial charge in [-0.3, -0.25) is 0 Å². The Balaban J connectivity index is 0.000000450. The number of thiophene rings is 1. The lowest BCUT2D eigenvalue weighted by molar-refractivity contribution is -0.159. The predicted molar refractivity (Wildman–Crippen MR) is 99.4 cm³/mol.